The normalized spacial score (nSPS) is 2.17. The first-order chi connectivity index (χ1) is 3.00. The van der Waals surface area contributed by atoms with Crippen molar-refractivity contribution in [3.05, 3.63) is 0 Å². The molecule has 0 saturated heterocycles. The van der Waals surface area contributed by atoms with Crippen LogP contribution in [-0.4, -0.2) is 26.4 Å². The molecule has 6 heavy (non-hydrogen) atoms. The van der Waals surface area contributed by atoms with Crippen LogP contribution in [0.25, 0.3) is 0 Å². The zero-order valence-corrected chi connectivity index (χ0v) is 8.88. The van der Waals surface area contributed by atoms with Crippen molar-refractivity contribution in [2.24, 2.45) is 0 Å². The second-order valence-electron chi connectivity index (χ2n) is 0. The fourth-order valence-corrected chi connectivity index (χ4v) is 0. The van der Waals surface area contributed by atoms with Crippen LogP contribution in [0.4, 0.5) is 0 Å². The van der Waals surface area contributed by atoms with Crippen molar-refractivity contribution < 1.29 is 41.3 Å². The molecule has 0 amide bonds. The van der Waals surface area contributed by atoms with Gasteiger partial charge < -0.3 is 4.46 Å². The molecule has 0 aliphatic heterocycles. The summed E-state index contributed by atoms with van der Waals surface area (Å²) in [5.41, 5.74) is 0. The van der Waals surface area contributed by atoms with E-state index in [1.165, 1.54) is 0 Å². The SMILES string of the molecule is O=[SiH2].[O]=[AlH].[O]=[Y]. The summed E-state index contributed by atoms with van der Waals surface area (Å²) in [6, 6.07) is 0. The third-order valence-electron chi connectivity index (χ3n) is 0. The van der Waals surface area contributed by atoms with E-state index >= 15 is 0 Å². The fourth-order valence-electron chi connectivity index (χ4n) is 0. The first-order valence-corrected chi connectivity index (χ1v) is 3.13. The van der Waals surface area contributed by atoms with Crippen molar-refractivity contribution in [1.82, 2.24) is 0 Å². The molecule has 0 aliphatic rings. The summed E-state index contributed by atoms with van der Waals surface area (Å²) in [7, 11) is 0.611. The van der Waals surface area contributed by atoms with Gasteiger partial charge in [-0.1, -0.05) is 0 Å². The Bertz CT molecular complexity index is 15.5. The first kappa shape index (κ1) is 15.7. The fraction of sp³-hybridized carbons (Fsp3) is 0. The van der Waals surface area contributed by atoms with Gasteiger partial charge in [0, 0.05) is 0 Å². The van der Waals surface area contributed by atoms with E-state index in [1.54, 1.807) is 0 Å². The Morgan fingerprint density at radius 1 is 1.17 bits per heavy atom. The topological polar surface area (TPSA) is 51.2 Å². The van der Waals surface area contributed by atoms with Crippen LogP contribution in [0, 0.1) is 0 Å². The van der Waals surface area contributed by atoms with Gasteiger partial charge in [0.05, 0.1) is 0 Å². The summed E-state index contributed by atoms with van der Waals surface area (Å²) in [5, 5.41) is 0. The molecule has 0 fully saturated rings. The minimum atomic E-state index is 0.100. The molecular formula is H3AlO3SiY. The Hall–Kier alpha value is 1.25. The minimum absolute atomic E-state index is 0.100. The quantitative estimate of drug-likeness (QED) is 0.423. The van der Waals surface area contributed by atoms with Crippen LogP contribution >= 0.6 is 0 Å². The third-order valence-corrected chi connectivity index (χ3v) is 0. The number of rotatable bonds is 0. The summed E-state index contributed by atoms with van der Waals surface area (Å²) >= 11 is 0.711. The van der Waals surface area contributed by atoms with Gasteiger partial charge in [-0.3, -0.25) is 0 Å². The van der Waals surface area contributed by atoms with Crippen molar-refractivity contribution in [1.29, 1.82) is 0 Å². The molecule has 0 bridgehead atoms. The van der Waals surface area contributed by atoms with E-state index in [1.807, 2.05) is 0 Å². The van der Waals surface area contributed by atoms with Crippen LogP contribution in [0.15, 0.2) is 0 Å². The Labute approximate surface area is 67.1 Å². The molecule has 0 heterocycles. The monoisotopic (exact) mass is 195 g/mol. The second kappa shape index (κ2) is 110. The van der Waals surface area contributed by atoms with Gasteiger partial charge in [-0.05, 0) is 0 Å². The average Bonchev–Trinajstić information content (AvgIpc) is 1.81. The predicted octanol–water partition coefficient (Wildman–Crippen LogP) is -1.92. The zero-order chi connectivity index (χ0) is 6.00. The summed E-state index contributed by atoms with van der Waals surface area (Å²) in [6.45, 7) is 0. The number of hydrogen-bond donors (Lipinski definition) is 0. The first-order valence-electron chi connectivity index (χ1n) is 0.813. The zero-order valence-electron chi connectivity index (χ0n) is 3.22. The Morgan fingerprint density at radius 2 is 1.17 bits per heavy atom. The van der Waals surface area contributed by atoms with E-state index in [9.17, 15) is 0 Å². The maximum atomic E-state index is 8.38. The van der Waals surface area contributed by atoms with Crippen molar-refractivity contribution in [3.63, 3.8) is 0 Å². The standard InChI is InChI=1S/Al.H2OSi.2O.Y.H/c;1-2;;;;/h;2H2;;;;. The van der Waals surface area contributed by atoms with Crippen molar-refractivity contribution in [2.75, 3.05) is 0 Å². The summed E-state index contributed by atoms with van der Waals surface area (Å²) in [6.07, 6.45) is 0. The van der Waals surface area contributed by atoms with Gasteiger partial charge in [-0.15, -0.1) is 0 Å². The van der Waals surface area contributed by atoms with Crippen LogP contribution < -0.4 is 0 Å². The van der Waals surface area contributed by atoms with Crippen LogP contribution in [0.1, 0.15) is 0 Å². The molecule has 0 unspecified atom stereocenters. The van der Waals surface area contributed by atoms with Crippen molar-refractivity contribution in [3.8, 4) is 0 Å². The van der Waals surface area contributed by atoms with Gasteiger partial charge in [0.25, 0.3) is 0 Å². The molecule has 6 heteroatoms. The third kappa shape index (κ3) is 60.5. The van der Waals surface area contributed by atoms with Gasteiger partial charge in [0.1, 0.15) is 0 Å². The molecule has 0 aromatic rings. The van der Waals surface area contributed by atoms with E-state index in [2.05, 4.69) is 0 Å². The van der Waals surface area contributed by atoms with Gasteiger partial charge in [-0.25, -0.2) is 0 Å². The van der Waals surface area contributed by atoms with E-state index in [0.717, 1.165) is 0 Å². The van der Waals surface area contributed by atoms with E-state index in [0.29, 0.717) is 26.4 Å². The Morgan fingerprint density at radius 3 is 1.17 bits per heavy atom. The van der Waals surface area contributed by atoms with Gasteiger partial charge in [0.2, 0.25) is 10.1 Å². The molecule has 0 atom stereocenters. The van der Waals surface area contributed by atoms with E-state index < -0.39 is 0 Å². The predicted molar refractivity (Wildman–Crippen MR) is 17.8 cm³/mol. The number of hydrogen-bond acceptors (Lipinski definition) is 3. The second-order valence-corrected chi connectivity index (χ2v) is 0. The molecule has 0 N–H and O–H groups in total. The molecular weight excluding hydrogens is 192 g/mol. The molecule has 0 spiro atoms. The van der Waals surface area contributed by atoms with Gasteiger partial charge in [-0.2, -0.15) is 0 Å². The molecule has 3 nitrogen and oxygen atoms in total. The van der Waals surface area contributed by atoms with Crippen LogP contribution in [-0.2, 0) is 41.3 Å². The van der Waals surface area contributed by atoms with Crippen LogP contribution in [0.5, 0.6) is 0 Å². The molecule has 0 aromatic carbocycles. The molecule has 0 radical (unpaired) electrons. The molecule has 0 aromatic heterocycles. The summed E-state index contributed by atoms with van der Waals surface area (Å²) in [5.74, 6) is 0. The maximum absolute atomic E-state index is 8.38. The summed E-state index contributed by atoms with van der Waals surface area (Å²) in [4.78, 5) is 0. The van der Waals surface area contributed by atoms with Gasteiger partial charge >= 0.3 is 53.1 Å². The van der Waals surface area contributed by atoms with Crippen LogP contribution in [0.3, 0.4) is 0 Å². The van der Waals surface area contributed by atoms with Gasteiger partial charge in [0.15, 0.2) is 0 Å². The Balaban J connectivity index is -0.0000000225. The molecule has 0 aliphatic carbocycles. The van der Waals surface area contributed by atoms with E-state index in [4.69, 9.17) is 10.3 Å². The summed E-state index contributed by atoms with van der Waals surface area (Å²) < 4.78 is 24.9. The average molecular weight is 195 g/mol. The van der Waals surface area contributed by atoms with E-state index in [-0.39, 0.29) is 31.0 Å². The van der Waals surface area contributed by atoms with Crippen molar-refractivity contribution in [2.45, 2.75) is 0 Å². The molecule has 31 valence electrons. The van der Waals surface area contributed by atoms with Crippen LogP contribution in [0.2, 0.25) is 0 Å². The van der Waals surface area contributed by atoms with Crippen molar-refractivity contribution >= 4 is 26.4 Å². The Kier molecular flexibility index (Phi) is 287. The molecule has 0 saturated carbocycles. The molecule has 0 rings (SSSR count).